The van der Waals surface area contributed by atoms with Crippen LogP contribution in [-0.4, -0.2) is 54.8 Å². The Hall–Kier alpha value is -1.42. The molecule has 2 aliphatic rings. The largest absolute Gasteiger partial charge is 0.481 e. The highest BCUT2D eigenvalue weighted by atomic mass is 33.1. The fourth-order valence-electron chi connectivity index (χ4n) is 3.73. The molecule has 0 heterocycles. The minimum atomic E-state index is -1.10. The third-order valence-electron chi connectivity index (χ3n) is 5.20. The molecular formula is C16H22O8S2. The van der Waals surface area contributed by atoms with E-state index in [-0.39, 0.29) is 23.3 Å². The Balaban J connectivity index is 1.89. The molecule has 2 rings (SSSR count). The zero-order valence-corrected chi connectivity index (χ0v) is 15.6. The van der Waals surface area contributed by atoms with Gasteiger partial charge in [-0.05, 0) is 38.5 Å². The highest BCUT2D eigenvalue weighted by Gasteiger charge is 2.42. The summed E-state index contributed by atoms with van der Waals surface area (Å²) in [5, 5.41) is 36.8. The maximum atomic E-state index is 11.3. The zero-order chi connectivity index (χ0) is 19.4. The van der Waals surface area contributed by atoms with Gasteiger partial charge < -0.3 is 20.4 Å². The average Bonchev–Trinajstić information content (AvgIpc) is 2.59. The van der Waals surface area contributed by atoms with Crippen molar-refractivity contribution in [1.29, 1.82) is 0 Å². The summed E-state index contributed by atoms with van der Waals surface area (Å²) in [6.45, 7) is 0. The maximum absolute atomic E-state index is 11.3. The Labute approximate surface area is 158 Å². The highest BCUT2D eigenvalue weighted by molar-refractivity contribution is 8.77. The van der Waals surface area contributed by atoms with E-state index >= 15 is 0 Å². The van der Waals surface area contributed by atoms with E-state index in [0.717, 1.165) is 0 Å². The molecule has 0 radical (unpaired) electrons. The molecule has 0 aromatic rings. The molecule has 0 saturated heterocycles. The lowest BCUT2D eigenvalue weighted by atomic mass is 9.79. The van der Waals surface area contributed by atoms with Crippen LogP contribution in [0.5, 0.6) is 0 Å². The van der Waals surface area contributed by atoms with Crippen molar-refractivity contribution in [3.8, 4) is 0 Å². The summed E-state index contributed by atoms with van der Waals surface area (Å²) in [7, 11) is 2.96. The fourth-order valence-corrected chi connectivity index (χ4v) is 7.08. The van der Waals surface area contributed by atoms with Crippen molar-refractivity contribution >= 4 is 45.5 Å². The number of aliphatic carboxylic acids is 4. The number of carboxylic acids is 4. The monoisotopic (exact) mass is 406 g/mol. The van der Waals surface area contributed by atoms with Crippen molar-refractivity contribution in [2.24, 2.45) is 23.7 Å². The topological polar surface area (TPSA) is 149 Å². The highest BCUT2D eigenvalue weighted by Crippen LogP contribution is 2.46. The van der Waals surface area contributed by atoms with Crippen LogP contribution in [0.4, 0.5) is 0 Å². The fraction of sp³-hybridized carbons (Fsp3) is 0.750. The van der Waals surface area contributed by atoms with Crippen LogP contribution < -0.4 is 0 Å². The number of carboxylic acid groups (broad SMARTS) is 4. The molecule has 0 spiro atoms. The van der Waals surface area contributed by atoms with Gasteiger partial charge in [0.05, 0.1) is 23.7 Å². The second-order valence-electron chi connectivity index (χ2n) is 6.84. The second kappa shape index (κ2) is 8.98. The standard InChI is InChI=1S/C16H22O8S2/c17-13(18)9-3-1-7(5-11(9)15(21)22)25-26-8-2-4-10(14(19)20)12(6-8)16(23)24/h7-12H,1-6H2,(H,17,18)(H,19,20)(H,21,22)(H,23,24). The van der Waals surface area contributed by atoms with Gasteiger partial charge in [0.1, 0.15) is 0 Å². The van der Waals surface area contributed by atoms with E-state index in [9.17, 15) is 29.4 Å². The maximum Gasteiger partial charge on any atom is 0.307 e. The predicted octanol–water partition coefficient (Wildman–Crippen LogP) is 2.28. The molecular weight excluding hydrogens is 384 g/mol. The number of hydrogen-bond donors (Lipinski definition) is 4. The van der Waals surface area contributed by atoms with Crippen molar-refractivity contribution in [3.63, 3.8) is 0 Å². The van der Waals surface area contributed by atoms with Crippen molar-refractivity contribution in [1.82, 2.24) is 0 Å². The summed E-state index contributed by atoms with van der Waals surface area (Å²) in [5.41, 5.74) is 0. The van der Waals surface area contributed by atoms with Crippen LogP contribution in [0.25, 0.3) is 0 Å². The molecule has 146 valence electrons. The van der Waals surface area contributed by atoms with Gasteiger partial charge in [-0.2, -0.15) is 0 Å². The molecule has 0 bridgehead atoms. The van der Waals surface area contributed by atoms with Gasteiger partial charge >= 0.3 is 23.9 Å². The van der Waals surface area contributed by atoms with Crippen LogP contribution in [0.2, 0.25) is 0 Å². The lowest BCUT2D eigenvalue weighted by Gasteiger charge is -2.33. The minimum absolute atomic E-state index is 0.00262. The van der Waals surface area contributed by atoms with Crippen LogP contribution in [0.3, 0.4) is 0 Å². The molecule has 0 amide bonds. The normalized spacial score (nSPS) is 34.8. The van der Waals surface area contributed by atoms with E-state index in [1.807, 2.05) is 0 Å². The van der Waals surface area contributed by atoms with Gasteiger partial charge in [-0.15, -0.1) is 0 Å². The number of rotatable bonds is 7. The summed E-state index contributed by atoms with van der Waals surface area (Å²) in [6, 6.07) is 0. The van der Waals surface area contributed by atoms with E-state index in [1.54, 1.807) is 0 Å². The molecule has 2 aliphatic carbocycles. The van der Waals surface area contributed by atoms with Gasteiger partial charge in [-0.25, -0.2) is 0 Å². The lowest BCUT2D eigenvalue weighted by molar-refractivity contribution is -0.155. The van der Waals surface area contributed by atoms with Gasteiger partial charge in [-0.1, -0.05) is 21.6 Å². The first kappa shape index (κ1) is 20.9. The third kappa shape index (κ3) is 5.06. The zero-order valence-electron chi connectivity index (χ0n) is 13.9. The molecule has 8 nitrogen and oxygen atoms in total. The summed E-state index contributed by atoms with van der Waals surface area (Å²) < 4.78 is 0. The number of carbonyl (C=O) groups is 4. The lowest BCUT2D eigenvalue weighted by Crippen LogP contribution is -2.37. The molecule has 0 aromatic carbocycles. The summed E-state index contributed by atoms with van der Waals surface area (Å²) in [6.07, 6.45) is 2.38. The van der Waals surface area contributed by atoms with Gasteiger partial charge in [0.2, 0.25) is 0 Å². The van der Waals surface area contributed by atoms with Gasteiger partial charge in [0, 0.05) is 10.5 Å². The SMILES string of the molecule is O=C(O)C1CCC(SSC2CCC(C(=O)O)C(C(=O)O)C2)CC1C(=O)O. The Morgan fingerprint density at radius 3 is 1.12 bits per heavy atom. The minimum Gasteiger partial charge on any atom is -0.481 e. The molecule has 2 saturated carbocycles. The molecule has 2 fully saturated rings. The van der Waals surface area contributed by atoms with Crippen LogP contribution in [-0.2, 0) is 19.2 Å². The van der Waals surface area contributed by atoms with Gasteiger partial charge in [0.25, 0.3) is 0 Å². The molecule has 6 atom stereocenters. The van der Waals surface area contributed by atoms with Crippen molar-refractivity contribution in [3.05, 3.63) is 0 Å². The first-order valence-electron chi connectivity index (χ1n) is 8.44. The Bertz CT molecular complexity index is 531. The quantitative estimate of drug-likeness (QED) is 0.464. The van der Waals surface area contributed by atoms with E-state index in [2.05, 4.69) is 0 Å². The van der Waals surface area contributed by atoms with Crippen LogP contribution in [0.1, 0.15) is 38.5 Å². The third-order valence-corrected chi connectivity index (χ3v) is 8.68. The second-order valence-corrected chi connectivity index (χ2v) is 9.71. The van der Waals surface area contributed by atoms with Crippen LogP contribution in [0.15, 0.2) is 0 Å². The average molecular weight is 406 g/mol. The van der Waals surface area contributed by atoms with Crippen molar-refractivity contribution in [2.45, 2.75) is 49.0 Å². The summed E-state index contributed by atoms with van der Waals surface area (Å²) >= 11 is 0. The number of hydrogen-bond acceptors (Lipinski definition) is 6. The molecule has 0 aliphatic heterocycles. The van der Waals surface area contributed by atoms with Gasteiger partial charge in [0.15, 0.2) is 0 Å². The molecule has 10 heteroatoms. The molecule has 26 heavy (non-hydrogen) atoms. The van der Waals surface area contributed by atoms with E-state index in [0.29, 0.717) is 25.7 Å². The van der Waals surface area contributed by atoms with E-state index in [1.165, 1.54) is 21.6 Å². The Morgan fingerprint density at radius 2 is 0.846 bits per heavy atom. The first-order chi connectivity index (χ1) is 12.2. The van der Waals surface area contributed by atoms with Crippen molar-refractivity contribution in [2.75, 3.05) is 0 Å². The molecule has 0 aromatic heterocycles. The summed E-state index contributed by atoms with van der Waals surface area (Å²) in [5.74, 6) is -7.90. The van der Waals surface area contributed by atoms with Gasteiger partial charge in [-0.3, -0.25) is 19.2 Å². The van der Waals surface area contributed by atoms with E-state index < -0.39 is 47.5 Å². The first-order valence-corrected chi connectivity index (χ1v) is 10.7. The Kier molecular flexibility index (Phi) is 7.22. The summed E-state index contributed by atoms with van der Waals surface area (Å²) in [4.78, 5) is 45.1. The molecule has 4 N–H and O–H groups in total. The van der Waals surface area contributed by atoms with Crippen LogP contribution in [0, 0.1) is 23.7 Å². The Morgan fingerprint density at radius 1 is 0.538 bits per heavy atom. The van der Waals surface area contributed by atoms with Crippen molar-refractivity contribution < 1.29 is 39.6 Å². The predicted molar refractivity (Wildman–Crippen MR) is 95.0 cm³/mol. The smallest absolute Gasteiger partial charge is 0.307 e. The van der Waals surface area contributed by atoms with E-state index in [4.69, 9.17) is 10.2 Å². The van der Waals surface area contributed by atoms with Crippen LogP contribution >= 0.6 is 21.6 Å². The molecule has 6 unspecified atom stereocenters.